The van der Waals surface area contributed by atoms with E-state index in [1.807, 2.05) is 53.4 Å². The molecule has 1 aliphatic rings. The Labute approximate surface area is 206 Å². The van der Waals surface area contributed by atoms with Gasteiger partial charge >= 0.3 is 0 Å². The van der Waals surface area contributed by atoms with Gasteiger partial charge < -0.3 is 19.4 Å². The normalized spacial score (nSPS) is 15.6. The van der Waals surface area contributed by atoms with Crippen LogP contribution >= 0.6 is 23.1 Å². The van der Waals surface area contributed by atoms with E-state index in [9.17, 15) is 4.79 Å². The molecular formula is C25H24N4O3S2. The van der Waals surface area contributed by atoms with Crippen molar-refractivity contribution < 1.29 is 14.3 Å². The molecule has 0 aliphatic carbocycles. The summed E-state index contributed by atoms with van der Waals surface area (Å²) in [6, 6.07) is 19.7. The van der Waals surface area contributed by atoms with E-state index in [1.165, 1.54) is 17.3 Å². The van der Waals surface area contributed by atoms with Crippen LogP contribution in [0.15, 0.2) is 71.2 Å². The predicted molar refractivity (Wildman–Crippen MR) is 133 cm³/mol. The van der Waals surface area contributed by atoms with Gasteiger partial charge in [0.2, 0.25) is 5.91 Å². The van der Waals surface area contributed by atoms with E-state index in [2.05, 4.69) is 46.7 Å². The molecule has 174 valence electrons. The number of amides is 1. The standard InChI is InChI=1S/C25H24N4O3S2/c1-16-9-11-17(12-10-16)23(21-8-5-13-33-21)26-22(30)15-34-25-28-27-24(29(25)2)20-14-31-18-6-3-4-7-19(18)32-20/h3-13,20,23H,14-15H2,1-2H3,(H,26,30). The molecule has 3 heterocycles. The van der Waals surface area contributed by atoms with Crippen LogP contribution in [-0.2, 0) is 11.8 Å². The van der Waals surface area contributed by atoms with E-state index in [0.717, 1.165) is 16.2 Å². The highest BCUT2D eigenvalue weighted by molar-refractivity contribution is 7.99. The Morgan fingerprint density at radius 1 is 1.15 bits per heavy atom. The summed E-state index contributed by atoms with van der Waals surface area (Å²) in [5.41, 5.74) is 2.24. The van der Waals surface area contributed by atoms with E-state index >= 15 is 0 Å². The molecule has 2 aromatic heterocycles. The molecule has 1 amide bonds. The Morgan fingerprint density at radius 2 is 1.94 bits per heavy atom. The van der Waals surface area contributed by atoms with Crippen molar-refractivity contribution in [3.05, 3.63) is 87.9 Å². The number of rotatable bonds is 7. The summed E-state index contributed by atoms with van der Waals surface area (Å²) in [5, 5.41) is 14.4. The van der Waals surface area contributed by atoms with Gasteiger partial charge in [0.1, 0.15) is 6.61 Å². The number of carbonyl (C=O) groups is 1. The zero-order chi connectivity index (χ0) is 23.5. The molecule has 0 spiro atoms. The lowest BCUT2D eigenvalue weighted by Gasteiger charge is -2.25. The smallest absolute Gasteiger partial charge is 0.231 e. The van der Waals surface area contributed by atoms with Crippen LogP contribution in [0, 0.1) is 6.92 Å². The quantitative estimate of drug-likeness (QED) is 0.377. The molecule has 9 heteroatoms. The zero-order valence-corrected chi connectivity index (χ0v) is 20.4. The van der Waals surface area contributed by atoms with Crippen LogP contribution in [0.5, 0.6) is 11.5 Å². The van der Waals surface area contributed by atoms with Gasteiger partial charge in [-0.05, 0) is 36.1 Å². The molecular weight excluding hydrogens is 468 g/mol. The van der Waals surface area contributed by atoms with E-state index in [-0.39, 0.29) is 23.8 Å². The molecule has 4 aromatic rings. The van der Waals surface area contributed by atoms with Crippen molar-refractivity contribution >= 4 is 29.0 Å². The Bertz CT molecular complexity index is 1270. The van der Waals surface area contributed by atoms with Crippen LogP contribution in [0.3, 0.4) is 0 Å². The number of aromatic nitrogens is 3. The third-order valence-corrected chi connectivity index (χ3v) is 7.50. The lowest BCUT2D eigenvalue weighted by molar-refractivity contribution is -0.119. The third-order valence-electron chi connectivity index (χ3n) is 5.54. The minimum atomic E-state index is -0.361. The molecule has 0 saturated heterocycles. The van der Waals surface area contributed by atoms with E-state index in [1.54, 1.807) is 11.3 Å². The first-order chi connectivity index (χ1) is 16.6. The maximum atomic E-state index is 12.9. The average Bonchev–Trinajstić information content (AvgIpc) is 3.52. The number of hydrogen-bond acceptors (Lipinski definition) is 7. The molecule has 0 saturated carbocycles. The van der Waals surface area contributed by atoms with E-state index < -0.39 is 0 Å². The highest BCUT2D eigenvalue weighted by Gasteiger charge is 2.27. The summed E-state index contributed by atoms with van der Waals surface area (Å²) in [5.74, 6) is 2.23. The summed E-state index contributed by atoms with van der Waals surface area (Å²) in [6.45, 7) is 2.41. The average molecular weight is 493 g/mol. The Morgan fingerprint density at radius 3 is 2.71 bits per heavy atom. The molecule has 1 N–H and O–H groups in total. The van der Waals surface area contributed by atoms with Crippen LogP contribution in [0.4, 0.5) is 0 Å². The Hall–Kier alpha value is -3.30. The largest absolute Gasteiger partial charge is 0.485 e. The number of aryl methyl sites for hydroxylation is 1. The number of thioether (sulfide) groups is 1. The van der Waals surface area contributed by atoms with Crippen molar-refractivity contribution in [3.63, 3.8) is 0 Å². The molecule has 0 radical (unpaired) electrons. The third kappa shape index (κ3) is 4.80. The molecule has 7 nitrogen and oxygen atoms in total. The first kappa shape index (κ1) is 22.5. The fraction of sp³-hybridized carbons (Fsp3) is 0.240. The Balaban J connectivity index is 1.24. The minimum Gasteiger partial charge on any atom is -0.485 e. The summed E-state index contributed by atoms with van der Waals surface area (Å²) in [7, 11) is 1.88. The number of nitrogens with one attached hydrogen (secondary N) is 1. The second-order valence-electron chi connectivity index (χ2n) is 7.98. The van der Waals surface area contributed by atoms with Crippen molar-refractivity contribution in [2.45, 2.75) is 24.2 Å². The van der Waals surface area contributed by atoms with Gasteiger partial charge in [0.25, 0.3) is 0 Å². The van der Waals surface area contributed by atoms with Gasteiger partial charge in [-0.2, -0.15) is 0 Å². The van der Waals surface area contributed by atoms with Gasteiger partial charge in [0, 0.05) is 11.9 Å². The predicted octanol–water partition coefficient (Wildman–Crippen LogP) is 4.70. The second kappa shape index (κ2) is 9.90. The molecule has 34 heavy (non-hydrogen) atoms. The fourth-order valence-electron chi connectivity index (χ4n) is 3.74. The molecule has 1 aliphatic heterocycles. The zero-order valence-electron chi connectivity index (χ0n) is 18.8. The SMILES string of the molecule is Cc1ccc(C(NC(=O)CSc2nnc(C3COc4ccccc4O3)n2C)c2cccs2)cc1. The van der Waals surface area contributed by atoms with Crippen LogP contribution < -0.4 is 14.8 Å². The highest BCUT2D eigenvalue weighted by atomic mass is 32.2. The van der Waals surface area contributed by atoms with Crippen LogP contribution in [0.2, 0.25) is 0 Å². The first-order valence-electron chi connectivity index (χ1n) is 10.9. The second-order valence-corrected chi connectivity index (χ2v) is 9.90. The van der Waals surface area contributed by atoms with Crippen molar-refractivity contribution in [1.82, 2.24) is 20.1 Å². The molecule has 5 rings (SSSR count). The molecule has 0 fully saturated rings. The number of thiophene rings is 1. The van der Waals surface area contributed by atoms with Crippen molar-refractivity contribution in [3.8, 4) is 11.5 Å². The molecule has 2 aromatic carbocycles. The lowest BCUT2D eigenvalue weighted by atomic mass is 10.0. The van der Waals surface area contributed by atoms with Crippen molar-refractivity contribution in [2.24, 2.45) is 7.05 Å². The summed E-state index contributed by atoms with van der Waals surface area (Å²) < 4.78 is 13.7. The lowest BCUT2D eigenvalue weighted by Crippen LogP contribution is -2.30. The van der Waals surface area contributed by atoms with Gasteiger partial charge in [0.15, 0.2) is 28.6 Å². The number of hydrogen-bond donors (Lipinski definition) is 1. The number of fused-ring (bicyclic) bond motifs is 1. The van der Waals surface area contributed by atoms with Crippen molar-refractivity contribution in [1.29, 1.82) is 0 Å². The van der Waals surface area contributed by atoms with Gasteiger partial charge in [-0.25, -0.2) is 0 Å². The van der Waals surface area contributed by atoms with Gasteiger partial charge in [-0.3, -0.25) is 4.79 Å². The van der Waals surface area contributed by atoms with E-state index in [4.69, 9.17) is 9.47 Å². The maximum absolute atomic E-state index is 12.9. The molecule has 2 atom stereocenters. The van der Waals surface area contributed by atoms with Crippen molar-refractivity contribution in [2.75, 3.05) is 12.4 Å². The molecule has 2 unspecified atom stereocenters. The molecule has 0 bridgehead atoms. The minimum absolute atomic E-state index is 0.0697. The fourth-order valence-corrected chi connectivity index (χ4v) is 5.28. The number of carbonyl (C=O) groups excluding carboxylic acids is 1. The van der Waals surface area contributed by atoms with Gasteiger partial charge in [0.05, 0.1) is 11.8 Å². The topological polar surface area (TPSA) is 78.3 Å². The number of para-hydroxylation sites is 2. The number of benzene rings is 2. The first-order valence-corrected chi connectivity index (χ1v) is 12.7. The van der Waals surface area contributed by atoms with Crippen LogP contribution in [0.1, 0.15) is 34.0 Å². The van der Waals surface area contributed by atoms with Crippen LogP contribution in [-0.4, -0.2) is 33.0 Å². The van der Waals surface area contributed by atoms with E-state index in [0.29, 0.717) is 23.3 Å². The number of ether oxygens (including phenoxy) is 2. The monoisotopic (exact) mass is 492 g/mol. The van der Waals surface area contributed by atoms with Crippen LogP contribution in [0.25, 0.3) is 0 Å². The summed E-state index contributed by atoms with van der Waals surface area (Å²) in [6.07, 6.45) is -0.361. The maximum Gasteiger partial charge on any atom is 0.231 e. The Kier molecular flexibility index (Phi) is 6.55. The summed E-state index contributed by atoms with van der Waals surface area (Å²) >= 11 is 2.98. The summed E-state index contributed by atoms with van der Waals surface area (Å²) in [4.78, 5) is 14.0. The highest BCUT2D eigenvalue weighted by Crippen LogP contribution is 2.36. The number of nitrogens with zero attached hydrogens (tertiary/aromatic N) is 3. The van der Waals surface area contributed by atoms with Gasteiger partial charge in [-0.1, -0.05) is 59.8 Å². The van der Waals surface area contributed by atoms with Gasteiger partial charge in [-0.15, -0.1) is 21.5 Å².